The molecule has 4 rings (SSSR count). The molecule has 0 bridgehead atoms. The van der Waals surface area contributed by atoms with Gasteiger partial charge in [0, 0.05) is 44.8 Å². The molecule has 134 valence electrons. The first-order chi connectivity index (χ1) is 11.8. The van der Waals surface area contributed by atoms with Crippen molar-refractivity contribution in [2.24, 2.45) is 5.92 Å². The number of rotatable bonds is 4. The quantitative estimate of drug-likeness (QED) is 0.895. The maximum absolute atomic E-state index is 12.2. The highest BCUT2D eigenvalue weighted by Crippen LogP contribution is 2.21. The molecule has 0 unspecified atom stereocenters. The van der Waals surface area contributed by atoms with Crippen LogP contribution < -0.4 is 5.32 Å². The van der Waals surface area contributed by atoms with Crippen LogP contribution in [0.3, 0.4) is 0 Å². The number of nitrogens with one attached hydrogen (secondary N) is 1. The van der Waals surface area contributed by atoms with Crippen molar-refractivity contribution in [2.45, 2.75) is 6.54 Å². The van der Waals surface area contributed by atoms with Crippen molar-refractivity contribution in [2.75, 3.05) is 39.3 Å². The molecule has 2 fully saturated rings. The van der Waals surface area contributed by atoms with Crippen LogP contribution in [0, 0.1) is 5.92 Å². The summed E-state index contributed by atoms with van der Waals surface area (Å²) in [4.78, 5) is 20.9. The number of hydrogen-bond acceptors (Lipinski definition) is 5. The number of nitrogens with zero attached hydrogens (tertiary/aromatic N) is 3. The second-order valence-electron chi connectivity index (χ2n) is 6.44. The molecule has 0 spiro atoms. The first-order valence-electron chi connectivity index (χ1n) is 8.51. The van der Waals surface area contributed by atoms with E-state index in [-0.39, 0.29) is 18.3 Å². The molecule has 2 aromatic rings. The van der Waals surface area contributed by atoms with Crippen LogP contribution in [0.5, 0.6) is 0 Å². The van der Waals surface area contributed by atoms with Crippen molar-refractivity contribution >= 4 is 18.3 Å². The Kier molecular flexibility index (Phi) is 5.73. The van der Waals surface area contributed by atoms with Crippen LogP contribution in [0.4, 0.5) is 0 Å². The molecule has 2 saturated heterocycles. The predicted octanol–water partition coefficient (Wildman–Crippen LogP) is 1.63. The van der Waals surface area contributed by atoms with Gasteiger partial charge in [0.15, 0.2) is 5.76 Å². The molecule has 0 radical (unpaired) electrons. The fourth-order valence-corrected chi connectivity index (χ4v) is 3.16. The number of aromatic nitrogens is 1. The Morgan fingerprint density at radius 3 is 2.52 bits per heavy atom. The monoisotopic (exact) mass is 362 g/mol. The molecule has 0 atom stereocenters. The van der Waals surface area contributed by atoms with E-state index in [1.54, 1.807) is 6.20 Å². The van der Waals surface area contributed by atoms with Crippen LogP contribution in [-0.4, -0.2) is 60.0 Å². The van der Waals surface area contributed by atoms with Crippen LogP contribution in [0.1, 0.15) is 5.89 Å². The Hall–Kier alpha value is -1.89. The molecular formula is C18H23ClN4O2. The fraction of sp³-hybridized carbons (Fsp3) is 0.444. The Labute approximate surface area is 153 Å². The SMILES string of the molecule is Cl.O=C(C1CNC1)N1CCN(Cc2ncc(-c3ccccc3)o2)CC1. The van der Waals surface area contributed by atoms with Gasteiger partial charge in [-0.1, -0.05) is 30.3 Å². The zero-order chi connectivity index (χ0) is 16.4. The van der Waals surface area contributed by atoms with Gasteiger partial charge < -0.3 is 14.6 Å². The lowest BCUT2D eigenvalue weighted by Gasteiger charge is -2.38. The summed E-state index contributed by atoms with van der Waals surface area (Å²) in [5, 5.41) is 3.16. The summed E-state index contributed by atoms with van der Waals surface area (Å²) >= 11 is 0. The van der Waals surface area contributed by atoms with E-state index in [4.69, 9.17) is 4.42 Å². The van der Waals surface area contributed by atoms with Gasteiger partial charge in [0.1, 0.15) is 0 Å². The fourth-order valence-electron chi connectivity index (χ4n) is 3.16. The largest absolute Gasteiger partial charge is 0.439 e. The molecule has 2 aliphatic heterocycles. The lowest BCUT2D eigenvalue weighted by Crippen LogP contribution is -2.56. The number of carbonyl (C=O) groups excluding carboxylic acids is 1. The van der Waals surface area contributed by atoms with Crippen molar-refractivity contribution in [1.29, 1.82) is 0 Å². The molecule has 0 saturated carbocycles. The van der Waals surface area contributed by atoms with Crippen LogP contribution in [0.2, 0.25) is 0 Å². The maximum atomic E-state index is 12.2. The first kappa shape index (κ1) is 17.9. The van der Waals surface area contributed by atoms with E-state index in [1.165, 1.54) is 0 Å². The maximum Gasteiger partial charge on any atom is 0.228 e. The van der Waals surface area contributed by atoms with Gasteiger partial charge in [-0.2, -0.15) is 0 Å². The second kappa shape index (κ2) is 7.99. The van der Waals surface area contributed by atoms with Crippen molar-refractivity contribution < 1.29 is 9.21 Å². The minimum absolute atomic E-state index is 0. The normalized spacial score (nSPS) is 18.5. The van der Waals surface area contributed by atoms with Crippen LogP contribution in [0.25, 0.3) is 11.3 Å². The molecule has 1 aromatic heterocycles. The van der Waals surface area contributed by atoms with E-state index in [9.17, 15) is 4.79 Å². The van der Waals surface area contributed by atoms with Gasteiger partial charge in [0.25, 0.3) is 0 Å². The molecule has 2 aliphatic rings. The number of amides is 1. The number of benzene rings is 1. The zero-order valence-electron chi connectivity index (χ0n) is 14.1. The smallest absolute Gasteiger partial charge is 0.228 e. The van der Waals surface area contributed by atoms with Crippen molar-refractivity contribution in [1.82, 2.24) is 20.1 Å². The molecule has 25 heavy (non-hydrogen) atoms. The highest BCUT2D eigenvalue weighted by atomic mass is 35.5. The lowest BCUT2D eigenvalue weighted by molar-refractivity contribution is -0.138. The third-order valence-electron chi connectivity index (χ3n) is 4.79. The Balaban J connectivity index is 0.00000182. The zero-order valence-corrected chi connectivity index (χ0v) is 14.9. The van der Waals surface area contributed by atoms with Gasteiger partial charge in [0.05, 0.1) is 18.7 Å². The van der Waals surface area contributed by atoms with E-state index < -0.39 is 0 Å². The summed E-state index contributed by atoms with van der Waals surface area (Å²) in [5.74, 6) is 2.03. The predicted molar refractivity (Wildman–Crippen MR) is 97.4 cm³/mol. The van der Waals surface area contributed by atoms with Crippen LogP contribution >= 0.6 is 12.4 Å². The van der Waals surface area contributed by atoms with Crippen molar-refractivity contribution in [3.63, 3.8) is 0 Å². The summed E-state index contributed by atoms with van der Waals surface area (Å²) in [6, 6.07) is 10.0. The number of carbonyl (C=O) groups is 1. The molecular weight excluding hydrogens is 340 g/mol. The number of piperazine rings is 1. The third kappa shape index (κ3) is 4.03. The Morgan fingerprint density at radius 1 is 1.16 bits per heavy atom. The van der Waals surface area contributed by atoms with E-state index in [0.29, 0.717) is 12.5 Å². The second-order valence-corrected chi connectivity index (χ2v) is 6.44. The number of halogens is 1. The molecule has 1 N–H and O–H groups in total. The Morgan fingerprint density at radius 2 is 1.88 bits per heavy atom. The minimum Gasteiger partial charge on any atom is -0.439 e. The average molecular weight is 363 g/mol. The highest BCUT2D eigenvalue weighted by Gasteiger charge is 2.31. The minimum atomic E-state index is 0. The summed E-state index contributed by atoms with van der Waals surface area (Å²) in [6.07, 6.45) is 1.79. The number of hydrogen-bond donors (Lipinski definition) is 1. The van der Waals surface area contributed by atoms with Crippen LogP contribution in [0.15, 0.2) is 40.9 Å². The van der Waals surface area contributed by atoms with Gasteiger partial charge >= 0.3 is 0 Å². The van der Waals surface area contributed by atoms with Crippen LogP contribution in [-0.2, 0) is 11.3 Å². The van der Waals surface area contributed by atoms with Gasteiger partial charge in [0.2, 0.25) is 11.8 Å². The Bertz CT molecular complexity index is 694. The van der Waals surface area contributed by atoms with Gasteiger partial charge in [-0.15, -0.1) is 12.4 Å². The summed E-state index contributed by atoms with van der Waals surface area (Å²) in [5.41, 5.74) is 1.04. The van der Waals surface area contributed by atoms with Gasteiger partial charge in [-0.25, -0.2) is 4.98 Å². The lowest BCUT2D eigenvalue weighted by atomic mass is 10.0. The van der Waals surface area contributed by atoms with E-state index in [2.05, 4.69) is 15.2 Å². The first-order valence-corrected chi connectivity index (χ1v) is 8.51. The standard InChI is InChI=1S/C18H22N4O2.ClH/c23-18(15-10-19-11-15)22-8-6-21(7-9-22)13-17-20-12-16(24-17)14-4-2-1-3-5-14;/h1-5,12,15,19H,6-11,13H2;1H. The average Bonchev–Trinajstić information content (AvgIpc) is 3.03. The molecule has 7 heteroatoms. The van der Waals surface area contributed by atoms with E-state index in [1.807, 2.05) is 35.2 Å². The summed E-state index contributed by atoms with van der Waals surface area (Å²) in [6.45, 7) is 5.68. The van der Waals surface area contributed by atoms with Gasteiger partial charge in [-0.3, -0.25) is 9.69 Å². The molecule has 6 nitrogen and oxygen atoms in total. The molecule has 3 heterocycles. The molecule has 1 aromatic carbocycles. The van der Waals surface area contributed by atoms with E-state index in [0.717, 1.165) is 56.5 Å². The van der Waals surface area contributed by atoms with Crippen molar-refractivity contribution in [3.05, 3.63) is 42.4 Å². The highest BCUT2D eigenvalue weighted by molar-refractivity contribution is 5.85. The molecule has 0 aliphatic carbocycles. The summed E-state index contributed by atoms with van der Waals surface area (Å²) in [7, 11) is 0. The third-order valence-corrected chi connectivity index (χ3v) is 4.79. The van der Waals surface area contributed by atoms with Gasteiger partial charge in [-0.05, 0) is 0 Å². The number of oxazole rings is 1. The van der Waals surface area contributed by atoms with Crippen molar-refractivity contribution in [3.8, 4) is 11.3 Å². The topological polar surface area (TPSA) is 61.6 Å². The van der Waals surface area contributed by atoms with E-state index >= 15 is 0 Å². The summed E-state index contributed by atoms with van der Waals surface area (Å²) < 4.78 is 5.87. The molecule has 1 amide bonds.